The van der Waals surface area contributed by atoms with Crippen LogP contribution in [0, 0.1) is 6.92 Å². The minimum Gasteiger partial charge on any atom is -0.444 e. The molecule has 0 atom stereocenters. The lowest BCUT2D eigenvalue weighted by atomic mass is 10.1. The number of aryl methyl sites for hydroxylation is 8. The van der Waals surface area contributed by atoms with E-state index < -0.39 is 68.6 Å². The average molecular weight is 1950 g/mol. The minimum absolute atomic E-state index is 0.0272. The second kappa shape index (κ2) is 60.2. The zero-order valence-corrected chi connectivity index (χ0v) is 85.1. The molecule has 4 aromatic heterocycles. The number of hydrogen-bond acceptors (Lipinski definition) is 26. The normalized spacial score (nSPS) is 11.7. The van der Waals surface area contributed by atoms with Gasteiger partial charge in [0.25, 0.3) is 16.0 Å². The first-order valence-corrected chi connectivity index (χ1v) is 47.5. The van der Waals surface area contributed by atoms with Crippen LogP contribution in [0.3, 0.4) is 0 Å². The van der Waals surface area contributed by atoms with E-state index in [2.05, 4.69) is 85.6 Å². The standard InChI is InChI=1S/C21H29FN2O3.C20H28N2O4.C20H26N2O4.C16H21FN2O.C9H18N2O4.C9H15NO3.C7H8O3S/c1-5-6-7-19-24-17-11-10-15(12-18(17)26-19)8-9-16(13-22)14-23-20(25)27-21(2,3)4;2*1-5-6-7-18-22-16-11-9-14(12-17(16)25-18)8-10-15(23)13-21-19(24)26-20(2,3)4;1-2-3-4-16-19-14-8-7-12(9-15(14)20-16)5-6-13(10-17)11-18;1-9(2,3)15-8(13)10-6-7(12)11(4)14-5;1-5-7(11)6-10-8(12)13-9(2,3)4;1-6-2-4-7(5-3-6)11(8,9)10/h10-13H,5-9,14H2,1-4H3,(H,23,25);9,11-12H,5-8,10,13H2,1-4H3,(H,21,24);8-12H,5-7,13H2,1-4H3,(H,21,24);7-10H,2-6,11,18H2,1H3;6H2,1-5H3,(H,10,13);5H,1,6H2,2-4H3,(H,10,12);2-5H,1H3,(H,8,9,10)/b;;10-8+;;;;. The number of likely N-dealkylation sites (N-methyl/N-ethyl adjacent to an activating group) is 1. The lowest BCUT2D eigenvalue weighted by Crippen LogP contribution is -2.40. The van der Waals surface area contributed by atoms with E-state index in [-0.39, 0.29) is 67.4 Å². The van der Waals surface area contributed by atoms with Crippen LogP contribution in [0.25, 0.3) is 50.5 Å². The molecule has 6 amide bonds. The highest BCUT2D eigenvalue weighted by Gasteiger charge is 2.23. The van der Waals surface area contributed by atoms with Gasteiger partial charge in [0, 0.05) is 52.2 Å². The van der Waals surface area contributed by atoms with Crippen molar-refractivity contribution in [2.75, 3.05) is 53.4 Å². The van der Waals surface area contributed by atoms with Crippen molar-refractivity contribution in [1.29, 1.82) is 0 Å². The van der Waals surface area contributed by atoms with Gasteiger partial charge in [0.05, 0.1) is 44.3 Å². The molecular formula is C102H145F2N11O22S. The Morgan fingerprint density at radius 1 is 0.442 bits per heavy atom. The smallest absolute Gasteiger partial charge is 0.408 e. The zero-order valence-electron chi connectivity index (χ0n) is 84.3. The lowest BCUT2D eigenvalue weighted by molar-refractivity contribution is -0.167. The van der Waals surface area contributed by atoms with Gasteiger partial charge in [-0.15, -0.1) is 0 Å². The third-order valence-corrected chi connectivity index (χ3v) is 19.2. The number of hydroxylamine groups is 2. The van der Waals surface area contributed by atoms with Gasteiger partial charge in [-0.05, 0) is 275 Å². The molecule has 0 saturated heterocycles. The average Bonchev–Trinajstić information content (AvgIpc) is 1.70. The van der Waals surface area contributed by atoms with Crippen LogP contribution in [-0.4, -0.2) is 173 Å². The number of halogens is 2. The lowest BCUT2D eigenvalue weighted by Gasteiger charge is -2.20. The first-order valence-electron chi connectivity index (χ1n) is 46.1. The van der Waals surface area contributed by atoms with E-state index in [4.69, 9.17) is 51.6 Å². The molecule has 760 valence electrons. The van der Waals surface area contributed by atoms with Gasteiger partial charge in [-0.1, -0.05) is 108 Å². The number of Topliss-reactive ketones (excluding diaryl/α,β-unsaturated/α-hetero) is 1. The van der Waals surface area contributed by atoms with Crippen molar-refractivity contribution in [1.82, 2.24) is 51.6 Å². The zero-order chi connectivity index (χ0) is 104. The molecule has 0 aliphatic heterocycles. The molecule has 4 heterocycles. The first kappa shape index (κ1) is 120. The second-order valence-electron chi connectivity index (χ2n) is 36.9. The van der Waals surface area contributed by atoms with Crippen LogP contribution in [0.2, 0.25) is 0 Å². The van der Waals surface area contributed by atoms with Gasteiger partial charge < -0.3 is 73.7 Å². The number of amides is 6. The Hall–Kier alpha value is -12.5. The molecule has 0 bridgehead atoms. The number of nitrogens with one attached hydrogen (secondary N) is 5. The Bertz CT molecular complexity index is 5570. The summed E-state index contributed by atoms with van der Waals surface area (Å²) in [5.74, 6) is 2.18. The largest absolute Gasteiger partial charge is 0.444 e. The first-order chi connectivity index (χ1) is 64.7. The topological polar surface area (TPSA) is 457 Å². The number of unbranched alkanes of at least 4 members (excludes halogenated alkanes) is 4. The number of rotatable bonds is 37. The van der Waals surface area contributed by atoms with Gasteiger partial charge in [-0.25, -0.2) is 57.8 Å². The molecule has 0 spiro atoms. The summed E-state index contributed by atoms with van der Waals surface area (Å²) in [4.78, 5) is 125. The number of nitrogens with zero attached hydrogens (tertiary/aromatic N) is 5. The van der Waals surface area contributed by atoms with Crippen LogP contribution >= 0.6 is 0 Å². The maximum absolute atomic E-state index is 13.1. The monoisotopic (exact) mass is 1950 g/mol. The maximum Gasteiger partial charge on any atom is 0.408 e. The molecule has 8 N–H and O–H groups in total. The van der Waals surface area contributed by atoms with Crippen LogP contribution in [0.5, 0.6) is 0 Å². The van der Waals surface area contributed by atoms with E-state index >= 15 is 0 Å². The van der Waals surface area contributed by atoms with Crippen LogP contribution < -0.4 is 32.3 Å². The summed E-state index contributed by atoms with van der Waals surface area (Å²) in [6.07, 6.45) is 18.0. The predicted octanol–water partition coefficient (Wildman–Crippen LogP) is 20.9. The Morgan fingerprint density at radius 3 is 1.09 bits per heavy atom. The van der Waals surface area contributed by atoms with Gasteiger partial charge in [-0.3, -0.25) is 28.6 Å². The third kappa shape index (κ3) is 52.7. The number of oxazole rings is 4. The van der Waals surface area contributed by atoms with E-state index in [1.165, 1.54) is 32.4 Å². The van der Waals surface area contributed by atoms with Gasteiger partial charge >= 0.3 is 30.5 Å². The third-order valence-electron chi connectivity index (χ3n) is 18.4. The molecule has 0 fully saturated rings. The van der Waals surface area contributed by atoms with Gasteiger partial charge in [-0.2, -0.15) is 8.42 Å². The molecule has 0 aliphatic rings. The summed E-state index contributed by atoms with van der Waals surface area (Å²) < 4.78 is 103. The number of nitrogens with two attached hydrogens (primary N) is 1. The van der Waals surface area contributed by atoms with E-state index in [0.29, 0.717) is 61.5 Å². The van der Waals surface area contributed by atoms with Crippen molar-refractivity contribution in [3.05, 3.63) is 191 Å². The molecule has 138 heavy (non-hydrogen) atoms. The Balaban J connectivity index is 0.000000423. The molecule has 9 rings (SSSR count). The predicted molar refractivity (Wildman–Crippen MR) is 529 cm³/mol. The molecule has 33 nitrogen and oxygen atoms in total. The summed E-state index contributed by atoms with van der Waals surface area (Å²) in [5, 5.41) is 13.2. The van der Waals surface area contributed by atoms with E-state index in [1.54, 1.807) is 122 Å². The Kier molecular flexibility index (Phi) is 52.2. The molecule has 0 aliphatic carbocycles. The van der Waals surface area contributed by atoms with E-state index in [0.717, 1.165) is 185 Å². The highest BCUT2D eigenvalue weighted by molar-refractivity contribution is 7.85. The number of fused-ring (bicyclic) bond motifs is 4. The van der Waals surface area contributed by atoms with E-state index in [9.17, 15) is 60.3 Å². The quantitative estimate of drug-likeness (QED) is 0.00823. The summed E-state index contributed by atoms with van der Waals surface area (Å²) in [7, 11) is -1.20. The Labute approximate surface area is 809 Å². The van der Waals surface area contributed by atoms with Gasteiger partial charge in [0.1, 0.15) is 56.6 Å². The number of ketones is 3. The number of benzene rings is 5. The summed E-state index contributed by atoms with van der Waals surface area (Å²) in [5.41, 5.74) is 15.1. The van der Waals surface area contributed by atoms with Gasteiger partial charge in [0.15, 0.2) is 63.2 Å². The molecule has 0 saturated carbocycles. The van der Waals surface area contributed by atoms with E-state index in [1.807, 2.05) is 79.7 Å². The SMILES string of the molecule is C=CC(=O)CNC(=O)OC(C)(C)C.CCCCc1nc2ccc(/C=C/C(=O)CNC(=O)OC(C)(C)C)cc2o1.CCCCc1nc2ccc(CCC(=CF)CN)cc2o1.CCCCc1nc2ccc(CCC(=CF)CNC(=O)OC(C)(C)C)cc2o1.CCCCc1nc2ccc(CCC(=O)CNC(=O)OC(C)(C)C)cc2o1.CON(C)C(=O)CNC(=O)OC(C)(C)C.Cc1ccc(S(=O)(=O)O)cc1. The molecule has 0 unspecified atom stereocenters. The summed E-state index contributed by atoms with van der Waals surface area (Å²) in [6.45, 7) is 40.2. The molecule has 36 heteroatoms. The van der Waals surface area contributed by atoms with Crippen molar-refractivity contribution in [2.24, 2.45) is 5.73 Å². The van der Waals surface area contributed by atoms with Crippen molar-refractivity contribution in [2.45, 2.75) is 287 Å². The fourth-order valence-electron chi connectivity index (χ4n) is 11.4. The molecule has 0 radical (unpaired) electrons. The number of carbonyl (C=O) groups is 9. The Morgan fingerprint density at radius 2 is 0.761 bits per heavy atom. The van der Waals surface area contributed by atoms with Crippen LogP contribution in [0.15, 0.2) is 162 Å². The molecule has 9 aromatic rings. The fourth-order valence-corrected chi connectivity index (χ4v) is 11.8. The molecule has 5 aromatic carbocycles. The number of carbonyl (C=O) groups excluding carboxylic acids is 9. The van der Waals surface area contributed by atoms with Crippen molar-refractivity contribution >= 4 is 114 Å². The number of ether oxygens (including phenoxy) is 5. The van der Waals surface area contributed by atoms with Gasteiger partial charge in [0.2, 0.25) is 0 Å². The maximum atomic E-state index is 13.1. The van der Waals surface area contributed by atoms with Crippen LogP contribution in [-0.2, 0) is 103 Å². The highest BCUT2D eigenvalue weighted by Crippen LogP contribution is 2.26. The van der Waals surface area contributed by atoms with Crippen molar-refractivity contribution in [3.8, 4) is 0 Å². The van der Waals surface area contributed by atoms with Crippen molar-refractivity contribution < 1.29 is 111 Å². The van der Waals surface area contributed by atoms with Crippen LogP contribution in [0.1, 0.15) is 254 Å². The molecular weight excluding hydrogens is 1800 g/mol. The number of alkyl carbamates (subject to hydrolysis) is 5. The van der Waals surface area contributed by atoms with Crippen LogP contribution in [0.4, 0.5) is 32.8 Å². The minimum atomic E-state index is -4.02. The summed E-state index contributed by atoms with van der Waals surface area (Å²) in [6, 6.07) is 29.2. The van der Waals surface area contributed by atoms with Crippen molar-refractivity contribution in [3.63, 3.8) is 0 Å². The number of hydrogen-bond donors (Lipinski definition) is 7. The summed E-state index contributed by atoms with van der Waals surface area (Å²) >= 11 is 0. The fraction of sp³-hybridized carbons (Fsp3) is 0.500. The number of aromatic nitrogens is 4. The second-order valence-corrected chi connectivity index (χ2v) is 38.3. The highest BCUT2D eigenvalue weighted by atomic mass is 32.2.